The maximum absolute atomic E-state index is 12.4. The van der Waals surface area contributed by atoms with E-state index in [1.165, 1.54) is 12.8 Å². The van der Waals surface area contributed by atoms with Gasteiger partial charge in [0.1, 0.15) is 0 Å². The molecule has 5 nitrogen and oxygen atoms in total. The molecule has 0 spiro atoms. The number of carbonyl (C=O) groups excluding carboxylic acids is 1. The van der Waals surface area contributed by atoms with E-state index >= 15 is 0 Å². The second-order valence-corrected chi connectivity index (χ2v) is 7.10. The third kappa shape index (κ3) is 3.93. The van der Waals surface area contributed by atoms with Crippen molar-refractivity contribution in [3.63, 3.8) is 0 Å². The van der Waals surface area contributed by atoms with Crippen LogP contribution >= 0.6 is 0 Å². The summed E-state index contributed by atoms with van der Waals surface area (Å²) in [5, 5.41) is 0. The molecule has 0 aromatic rings. The maximum Gasteiger partial charge on any atom is 0.240 e. The van der Waals surface area contributed by atoms with Crippen LogP contribution in [0, 0.1) is 5.41 Å². The van der Waals surface area contributed by atoms with Crippen LogP contribution in [0.3, 0.4) is 0 Å². The third-order valence-electron chi connectivity index (χ3n) is 4.37. The molecule has 0 bridgehead atoms. The van der Waals surface area contributed by atoms with Crippen LogP contribution in [0.15, 0.2) is 0 Å². The zero-order valence-electron chi connectivity index (χ0n) is 13.1. The number of piperazine rings is 1. The lowest BCUT2D eigenvalue weighted by atomic mass is 9.86. The van der Waals surface area contributed by atoms with Crippen molar-refractivity contribution in [1.29, 1.82) is 0 Å². The summed E-state index contributed by atoms with van der Waals surface area (Å²) in [5.41, 5.74) is 5.89. The van der Waals surface area contributed by atoms with Gasteiger partial charge in [-0.3, -0.25) is 9.69 Å². The normalized spacial score (nSPS) is 26.8. The van der Waals surface area contributed by atoms with Gasteiger partial charge in [0.2, 0.25) is 5.91 Å². The SMILES string of the molecule is CC(C)(C)[C@@H](N)C(=O)N1CCN(CC2CCCO2)CC1. The highest BCUT2D eigenvalue weighted by atomic mass is 16.5. The molecule has 116 valence electrons. The van der Waals surface area contributed by atoms with Crippen molar-refractivity contribution >= 4 is 5.91 Å². The van der Waals surface area contributed by atoms with Crippen molar-refractivity contribution in [3.8, 4) is 0 Å². The van der Waals surface area contributed by atoms with Crippen molar-refractivity contribution in [2.75, 3.05) is 39.3 Å². The maximum atomic E-state index is 12.4. The molecule has 0 radical (unpaired) electrons. The molecule has 0 aliphatic carbocycles. The quantitative estimate of drug-likeness (QED) is 0.827. The van der Waals surface area contributed by atoms with E-state index in [0.29, 0.717) is 6.10 Å². The Balaban J connectivity index is 1.77. The van der Waals surface area contributed by atoms with Gasteiger partial charge >= 0.3 is 0 Å². The molecule has 0 aromatic heterocycles. The molecule has 0 saturated carbocycles. The summed E-state index contributed by atoms with van der Waals surface area (Å²) < 4.78 is 5.67. The average molecular weight is 283 g/mol. The van der Waals surface area contributed by atoms with Gasteiger partial charge in [-0.05, 0) is 18.3 Å². The Morgan fingerprint density at radius 2 is 1.95 bits per heavy atom. The minimum absolute atomic E-state index is 0.0919. The lowest BCUT2D eigenvalue weighted by Crippen LogP contribution is -2.56. The van der Waals surface area contributed by atoms with Crippen LogP contribution < -0.4 is 5.73 Å². The van der Waals surface area contributed by atoms with Crippen LogP contribution in [0.1, 0.15) is 33.6 Å². The highest BCUT2D eigenvalue weighted by Gasteiger charge is 2.33. The van der Waals surface area contributed by atoms with Gasteiger partial charge < -0.3 is 15.4 Å². The van der Waals surface area contributed by atoms with Gasteiger partial charge in [0.25, 0.3) is 0 Å². The lowest BCUT2D eigenvalue weighted by Gasteiger charge is -2.38. The van der Waals surface area contributed by atoms with Crippen molar-refractivity contribution < 1.29 is 9.53 Å². The van der Waals surface area contributed by atoms with Gasteiger partial charge in [-0.2, -0.15) is 0 Å². The number of nitrogens with two attached hydrogens (primary N) is 1. The highest BCUT2D eigenvalue weighted by molar-refractivity contribution is 5.82. The third-order valence-corrected chi connectivity index (χ3v) is 4.37. The first-order valence-corrected chi connectivity index (χ1v) is 7.76. The summed E-state index contributed by atoms with van der Waals surface area (Å²) in [6.07, 6.45) is 2.76. The van der Waals surface area contributed by atoms with Gasteiger partial charge in [-0.25, -0.2) is 0 Å². The zero-order valence-corrected chi connectivity index (χ0v) is 13.1. The summed E-state index contributed by atoms with van der Waals surface area (Å²) in [5.74, 6) is 0.0919. The van der Waals surface area contributed by atoms with Crippen LogP contribution in [0.2, 0.25) is 0 Å². The number of nitrogens with zero attached hydrogens (tertiary/aromatic N) is 2. The number of ether oxygens (including phenoxy) is 1. The minimum Gasteiger partial charge on any atom is -0.377 e. The van der Waals surface area contributed by atoms with Gasteiger partial charge in [0.15, 0.2) is 0 Å². The molecule has 20 heavy (non-hydrogen) atoms. The fourth-order valence-electron chi connectivity index (χ4n) is 2.79. The molecule has 2 atom stereocenters. The fraction of sp³-hybridized carbons (Fsp3) is 0.933. The van der Waals surface area contributed by atoms with Crippen molar-refractivity contribution in [3.05, 3.63) is 0 Å². The van der Waals surface area contributed by atoms with Gasteiger partial charge in [-0.15, -0.1) is 0 Å². The second-order valence-electron chi connectivity index (χ2n) is 7.10. The lowest BCUT2D eigenvalue weighted by molar-refractivity contribution is -0.136. The molecule has 2 heterocycles. The monoisotopic (exact) mass is 283 g/mol. The molecule has 0 aromatic carbocycles. The smallest absolute Gasteiger partial charge is 0.240 e. The number of carbonyl (C=O) groups is 1. The van der Waals surface area contributed by atoms with Crippen LogP contribution in [-0.2, 0) is 9.53 Å². The molecule has 2 rings (SSSR count). The van der Waals surface area contributed by atoms with Gasteiger partial charge in [0, 0.05) is 39.3 Å². The van der Waals surface area contributed by atoms with Crippen molar-refractivity contribution in [1.82, 2.24) is 9.80 Å². The Morgan fingerprint density at radius 3 is 2.45 bits per heavy atom. The van der Waals surface area contributed by atoms with E-state index in [-0.39, 0.29) is 11.3 Å². The van der Waals surface area contributed by atoms with Gasteiger partial charge in [0.05, 0.1) is 12.1 Å². The topological polar surface area (TPSA) is 58.8 Å². The molecule has 2 aliphatic heterocycles. The Morgan fingerprint density at radius 1 is 1.30 bits per heavy atom. The Kier molecular flexibility index (Phi) is 5.04. The van der Waals surface area contributed by atoms with Crippen LogP contribution in [-0.4, -0.2) is 67.2 Å². The number of rotatable bonds is 3. The molecule has 5 heteroatoms. The summed E-state index contributed by atoms with van der Waals surface area (Å²) in [6.45, 7) is 11.4. The van der Waals surface area contributed by atoms with E-state index in [1.807, 2.05) is 25.7 Å². The van der Waals surface area contributed by atoms with Crippen molar-refractivity contribution in [2.45, 2.75) is 45.8 Å². The van der Waals surface area contributed by atoms with E-state index in [2.05, 4.69) is 4.90 Å². The molecular formula is C15H29N3O2. The van der Waals surface area contributed by atoms with Crippen LogP contribution in [0.5, 0.6) is 0 Å². The predicted molar refractivity (Wildman–Crippen MR) is 79.4 cm³/mol. The summed E-state index contributed by atoms with van der Waals surface area (Å²) in [7, 11) is 0. The molecule has 2 aliphatic rings. The molecular weight excluding hydrogens is 254 g/mol. The highest BCUT2D eigenvalue weighted by Crippen LogP contribution is 2.20. The summed E-state index contributed by atoms with van der Waals surface area (Å²) in [4.78, 5) is 16.7. The number of amides is 1. The van der Waals surface area contributed by atoms with E-state index in [0.717, 1.165) is 39.3 Å². The Labute approximate surface area is 122 Å². The van der Waals surface area contributed by atoms with Crippen LogP contribution in [0.25, 0.3) is 0 Å². The molecule has 2 saturated heterocycles. The number of hydrogen-bond acceptors (Lipinski definition) is 4. The van der Waals surface area contributed by atoms with E-state index in [1.54, 1.807) is 0 Å². The second kappa shape index (κ2) is 6.41. The van der Waals surface area contributed by atoms with E-state index in [9.17, 15) is 4.79 Å². The van der Waals surface area contributed by atoms with Gasteiger partial charge in [-0.1, -0.05) is 20.8 Å². The first-order chi connectivity index (χ1) is 9.38. The van der Waals surface area contributed by atoms with Crippen LogP contribution in [0.4, 0.5) is 0 Å². The number of hydrogen-bond donors (Lipinski definition) is 1. The Hall–Kier alpha value is -0.650. The van der Waals surface area contributed by atoms with E-state index in [4.69, 9.17) is 10.5 Å². The molecule has 2 N–H and O–H groups in total. The molecule has 2 fully saturated rings. The summed E-state index contributed by atoms with van der Waals surface area (Å²) in [6, 6.07) is -0.410. The molecule has 1 amide bonds. The first kappa shape index (κ1) is 15.7. The minimum atomic E-state index is -0.410. The standard InChI is InChI=1S/C15H29N3O2/c1-15(2,3)13(16)14(19)18-8-6-17(7-9-18)11-12-5-4-10-20-12/h12-13H,4-11,16H2,1-3H3/t12?,13-/m0/s1. The van der Waals surface area contributed by atoms with Crippen molar-refractivity contribution in [2.24, 2.45) is 11.1 Å². The Bertz CT molecular complexity index is 327. The first-order valence-electron chi connectivity index (χ1n) is 7.76. The van der Waals surface area contributed by atoms with E-state index < -0.39 is 6.04 Å². The largest absolute Gasteiger partial charge is 0.377 e. The average Bonchev–Trinajstić information content (AvgIpc) is 2.90. The fourth-order valence-corrected chi connectivity index (χ4v) is 2.79. The summed E-state index contributed by atoms with van der Waals surface area (Å²) >= 11 is 0. The molecule has 1 unspecified atom stereocenters. The zero-order chi connectivity index (χ0) is 14.8. The predicted octanol–water partition coefficient (Wildman–Crippen LogP) is 0.683.